The molecular weight excluding hydrogens is 362 g/mol. The SMILES string of the molecule is Cn1ccc(C2CCON2C(=O)C2CCN(c3cc(C(N)=O)ncn3)CC2)n1. The standard InChI is InChI=1S/C18H23N7O3/c1-23-6-4-13(22-23)15-5-9-28-25(15)18(27)12-2-7-24(8-3-12)16-10-14(17(19)26)20-11-21-16/h4,6,10-12,15H,2-3,5,7-9H2,1H3,(H2,19,26). The van der Waals surface area contributed by atoms with E-state index in [4.69, 9.17) is 10.6 Å². The number of amides is 2. The van der Waals surface area contributed by atoms with Gasteiger partial charge in [0.15, 0.2) is 0 Å². The highest BCUT2D eigenvalue weighted by atomic mass is 16.7. The molecule has 0 aliphatic carbocycles. The van der Waals surface area contributed by atoms with Gasteiger partial charge in [0.2, 0.25) is 5.91 Å². The van der Waals surface area contributed by atoms with Crippen molar-refractivity contribution in [2.45, 2.75) is 25.3 Å². The lowest BCUT2D eigenvalue weighted by Crippen LogP contribution is -2.42. The summed E-state index contributed by atoms with van der Waals surface area (Å²) in [5.74, 6) is -0.0368. The maximum atomic E-state index is 13.0. The molecule has 28 heavy (non-hydrogen) atoms. The second kappa shape index (κ2) is 7.55. The van der Waals surface area contributed by atoms with Crippen LogP contribution in [0.1, 0.15) is 41.5 Å². The number of anilines is 1. The molecule has 0 spiro atoms. The molecule has 2 aliphatic rings. The van der Waals surface area contributed by atoms with Crippen LogP contribution in [0.3, 0.4) is 0 Å². The van der Waals surface area contributed by atoms with Crippen molar-refractivity contribution >= 4 is 17.6 Å². The van der Waals surface area contributed by atoms with E-state index in [1.54, 1.807) is 10.7 Å². The largest absolute Gasteiger partial charge is 0.364 e. The second-order valence-corrected chi connectivity index (χ2v) is 7.10. The molecule has 2 N–H and O–H groups in total. The van der Waals surface area contributed by atoms with Gasteiger partial charge in [-0.05, 0) is 18.9 Å². The van der Waals surface area contributed by atoms with Gasteiger partial charge in [-0.2, -0.15) is 5.10 Å². The van der Waals surface area contributed by atoms with Crippen molar-refractivity contribution in [1.82, 2.24) is 24.8 Å². The number of piperidine rings is 1. The zero-order valence-corrected chi connectivity index (χ0v) is 15.7. The van der Waals surface area contributed by atoms with Gasteiger partial charge in [0, 0.05) is 44.7 Å². The van der Waals surface area contributed by atoms with Gasteiger partial charge in [-0.3, -0.25) is 19.1 Å². The van der Waals surface area contributed by atoms with Crippen LogP contribution in [0.5, 0.6) is 0 Å². The molecule has 0 bridgehead atoms. The summed E-state index contributed by atoms with van der Waals surface area (Å²) in [6.07, 6.45) is 5.32. The molecule has 0 radical (unpaired) electrons. The van der Waals surface area contributed by atoms with Crippen LogP contribution in [0.25, 0.3) is 0 Å². The number of hydrogen-bond donors (Lipinski definition) is 1. The fourth-order valence-corrected chi connectivity index (χ4v) is 3.76. The number of aryl methyl sites for hydroxylation is 1. The normalized spacial score (nSPS) is 20.5. The molecule has 0 aromatic carbocycles. The number of carbonyl (C=O) groups is 2. The van der Waals surface area contributed by atoms with Crippen LogP contribution in [-0.4, -0.2) is 56.3 Å². The summed E-state index contributed by atoms with van der Waals surface area (Å²) in [5.41, 5.74) is 6.33. The number of carbonyl (C=O) groups excluding carboxylic acids is 2. The molecule has 2 aliphatic heterocycles. The smallest absolute Gasteiger partial charge is 0.267 e. The van der Waals surface area contributed by atoms with E-state index in [0.29, 0.717) is 38.4 Å². The van der Waals surface area contributed by atoms with Crippen LogP contribution in [0, 0.1) is 5.92 Å². The predicted molar refractivity (Wildman–Crippen MR) is 98.9 cm³/mol. The summed E-state index contributed by atoms with van der Waals surface area (Å²) in [4.78, 5) is 40.1. The Bertz CT molecular complexity index is 876. The lowest BCUT2D eigenvalue weighted by Gasteiger charge is -2.34. The Balaban J connectivity index is 1.40. The first kappa shape index (κ1) is 18.4. The van der Waals surface area contributed by atoms with Crippen LogP contribution in [0.2, 0.25) is 0 Å². The fraction of sp³-hybridized carbons (Fsp3) is 0.500. The maximum absolute atomic E-state index is 13.0. The zero-order valence-electron chi connectivity index (χ0n) is 15.7. The quantitative estimate of drug-likeness (QED) is 0.810. The van der Waals surface area contributed by atoms with E-state index in [1.807, 2.05) is 24.2 Å². The molecule has 4 rings (SSSR count). The number of hydroxylamine groups is 2. The van der Waals surface area contributed by atoms with Crippen LogP contribution in [0.4, 0.5) is 5.82 Å². The van der Waals surface area contributed by atoms with Crippen molar-refractivity contribution in [2.75, 3.05) is 24.6 Å². The Labute approximate surface area is 162 Å². The molecule has 2 saturated heterocycles. The van der Waals surface area contributed by atoms with Gasteiger partial charge in [-0.15, -0.1) is 0 Å². The van der Waals surface area contributed by atoms with E-state index in [1.165, 1.54) is 11.4 Å². The minimum absolute atomic E-state index is 0.00770. The van der Waals surface area contributed by atoms with Crippen molar-refractivity contribution in [3.8, 4) is 0 Å². The first-order valence-electron chi connectivity index (χ1n) is 9.35. The maximum Gasteiger partial charge on any atom is 0.267 e. The monoisotopic (exact) mass is 385 g/mol. The van der Waals surface area contributed by atoms with Crippen molar-refractivity contribution < 1.29 is 14.4 Å². The molecule has 1 unspecified atom stereocenters. The summed E-state index contributed by atoms with van der Waals surface area (Å²) in [6, 6.07) is 3.38. The minimum Gasteiger partial charge on any atom is -0.364 e. The van der Waals surface area contributed by atoms with E-state index < -0.39 is 5.91 Å². The van der Waals surface area contributed by atoms with Crippen LogP contribution in [0.15, 0.2) is 24.7 Å². The van der Waals surface area contributed by atoms with Gasteiger partial charge in [0.1, 0.15) is 23.9 Å². The van der Waals surface area contributed by atoms with Gasteiger partial charge < -0.3 is 10.6 Å². The van der Waals surface area contributed by atoms with Crippen LogP contribution >= 0.6 is 0 Å². The first-order chi connectivity index (χ1) is 13.5. The fourth-order valence-electron chi connectivity index (χ4n) is 3.76. The average molecular weight is 385 g/mol. The van der Waals surface area contributed by atoms with Crippen molar-refractivity contribution in [1.29, 1.82) is 0 Å². The van der Waals surface area contributed by atoms with Gasteiger partial charge in [0.25, 0.3) is 5.91 Å². The molecule has 4 heterocycles. The lowest BCUT2D eigenvalue weighted by molar-refractivity contribution is -0.182. The summed E-state index contributed by atoms with van der Waals surface area (Å²) >= 11 is 0. The van der Waals surface area contributed by atoms with Crippen LogP contribution < -0.4 is 10.6 Å². The predicted octanol–water partition coefficient (Wildman–Crippen LogP) is 0.431. The molecular formula is C18H23N7O3. The van der Waals surface area contributed by atoms with E-state index in [-0.39, 0.29) is 23.6 Å². The van der Waals surface area contributed by atoms with Gasteiger partial charge in [0.05, 0.1) is 12.3 Å². The van der Waals surface area contributed by atoms with Crippen LogP contribution in [-0.2, 0) is 16.7 Å². The van der Waals surface area contributed by atoms with Gasteiger partial charge >= 0.3 is 0 Å². The highest BCUT2D eigenvalue weighted by molar-refractivity contribution is 5.91. The first-order valence-corrected chi connectivity index (χ1v) is 9.35. The summed E-state index contributed by atoms with van der Waals surface area (Å²) in [6.45, 7) is 1.84. The molecule has 2 aromatic heterocycles. The number of nitrogens with two attached hydrogens (primary N) is 1. The van der Waals surface area contributed by atoms with E-state index >= 15 is 0 Å². The average Bonchev–Trinajstić information content (AvgIpc) is 3.36. The van der Waals surface area contributed by atoms with E-state index in [2.05, 4.69) is 15.1 Å². The molecule has 148 valence electrons. The van der Waals surface area contributed by atoms with E-state index in [0.717, 1.165) is 12.1 Å². The molecule has 10 heteroatoms. The van der Waals surface area contributed by atoms with Gasteiger partial charge in [-0.1, -0.05) is 0 Å². The molecule has 2 fully saturated rings. The van der Waals surface area contributed by atoms with E-state index in [9.17, 15) is 9.59 Å². The number of aromatic nitrogens is 4. The Hall–Kier alpha value is -3.01. The van der Waals surface area contributed by atoms with Crippen molar-refractivity contribution in [2.24, 2.45) is 18.7 Å². The summed E-state index contributed by atoms with van der Waals surface area (Å²) in [7, 11) is 1.86. The Morgan fingerprint density at radius 3 is 2.68 bits per heavy atom. The third kappa shape index (κ3) is 3.55. The number of nitrogens with zero attached hydrogens (tertiary/aromatic N) is 6. The molecule has 1 atom stereocenters. The Morgan fingerprint density at radius 1 is 1.21 bits per heavy atom. The summed E-state index contributed by atoms with van der Waals surface area (Å²) in [5, 5.41) is 5.94. The topological polar surface area (TPSA) is 119 Å². The summed E-state index contributed by atoms with van der Waals surface area (Å²) < 4.78 is 1.73. The minimum atomic E-state index is -0.583. The third-order valence-electron chi connectivity index (χ3n) is 5.27. The highest BCUT2D eigenvalue weighted by Crippen LogP contribution is 2.33. The number of rotatable bonds is 4. The third-order valence-corrected chi connectivity index (χ3v) is 5.27. The zero-order chi connectivity index (χ0) is 19.7. The molecule has 2 amide bonds. The molecule has 2 aromatic rings. The Morgan fingerprint density at radius 2 is 2.00 bits per heavy atom. The number of primary amides is 1. The van der Waals surface area contributed by atoms with Crippen molar-refractivity contribution in [3.63, 3.8) is 0 Å². The molecule has 0 saturated carbocycles. The van der Waals surface area contributed by atoms with Crippen molar-refractivity contribution in [3.05, 3.63) is 36.0 Å². The Kier molecular flexibility index (Phi) is 4.95. The second-order valence-electron chi connectivity index (χ2n) is 7.10. The number of hydrogen-bond acceptors (Lipinski definition) is 7. The molecule has 10 nitrogen and oxygen atoms in total. The lowest BCUT2D eigenvalue weighted by atomic mass is 9.95. The van der Waals surface area contributed by atoms with Gasteiger partial charge in [-0.25, -0.2) is 15.0 Å². The highest BCUT2D eigenvalue weighted by Gasteiger charge is 2.38.